The van der Waals surface area contributed by atoms with Crippen LogP contribution in [0.2, 0.25) is 0 Å². The van der Waals surface area contributed by atoms with Crippen LogP contribution in [0.5, 0.6) is 11.5 Å². The molecule has 29 heavy (non-hydrogen) atoms. The Morgan fingerprint density at radius 1 is 1.10 bits per heavy atom. The molecular weight excluding hydrogens is 362 g/mol. The second-order valence-electron chi connectivity index (χ2n) is 6.88. The SMILES string of the molecule is Cc1ccc(N=Cc2cc3c(cc2O)OC(N)=C(C#N)[C@@H]3c2ccccc2)cc1. The molecule has 0 aliphatic carbocycles. The van der Waals surface area contributed by atoms with E-state index in [9.17, 15) is 10.4 Å². The lowest BCUT2D eigenvalue weighted by Gasteiger charge is -2.27. The Hall–Kier alpha value is -4.04. The number of fused-ring (bicyclic) bond motifs is 1. The standard InChI is InChI=1S/C24H19N3O2/c1-15-7-9-18(10-8-15)27-14-17-11-19-22(12-21(17)28)29-24(26)20(13-25)23(19)16-5-3-2-4-6-16/h2-12,14,23,28H,26H2,1H3/t23-/m1/s1. The minimum absolute atomic E-state index is 0.0274. The second-order valence-corrected chi connectivity index (χ2v) is 6.88. The Balaban J connectivity index is 1.80. The Labute approximate surface area is 169 Å². The normalized spacial score (nSPS) is 15.7. The van der Waals surface area contributed by atoms with Gasteiger partial charge in [0.25, 0.3) is 0 Å². The van der Waals surface area contributed by atoms with Gasteiger partial charge in [-0.2, -0.15) is 5.26 Å². The summed E-state index contributed by atoms with van der Waals surface area (Å²) in [4.78, 5) is 4.45. The molecule has 0 aromatic heterocycles. The molecule has 0 bridgehead atoms. The summed E-state index contributed by atoms with van der Waals surface area (Å²) in [5.41, 5.74) is 10.5. The number of aryl methyl sites for hydroxylation is 1. The largest absolute Gasteiger partial charge is 0.507 e. The number of ether oxygens (including phenoxy) is 1. The van der Waals surface area contributed by atoms with Crippen LogP contribution in [0.25, 0.3) is 0 Å². The van der Waals surface area contributed by atoms with Gasteiger partial charge >= 0.3 is 0 Å². The Kier molecular flexibility index (Phi) is 4.76. The molecule has 1 aliphatic heterocycles. The number of nitrogens with zero attached hydrogens (tertiary/aromatic N) is 2. The summed E-state index contributed by atoms with van der Waals surface area (Å²) < 4.78 is 5.63. The first-order valence-electron chi connectivity index (χ1n) is 9.17. The lowest BCUT2D eigenvalue weighted by Crippen LogP contribution is -2.21. The molecule has 1 heterocycles. The minimum Gasteiger partial charge on any atom is -0.507 e. The van der Waals surface area contributed by atoms with Crippen LogP contribution in [0.3, 0.4) is 0 Å². The fourth-order valence-corrected chi connectivity index (χ4v) is 3.38. The third-order valence-electron chi connectivity index (χ3n) is 4.88. The highest BCUT2D eigenvalue weighted by molar-refractivity contribution is 5.86. The Morgan fingerprint density at radius 2 is 1.83 bits per heavy atom. The molecule has 0 spiro atoms. The van der Waals surface area contributed by atoms with Crippen LogP contribution in [0.1, 0.15) is 28.2 Å². The topological polar surface area (TPSA) is 91.6 Å². The van der Waals surface area contributed by atoms with Crippen LogP contribution >= 0.6 is 0 Å². The summed E-state index contributed by atoms with van der Waals surface area (Å²) in [5, 5.41) is 20.1. The van der Waals surface area contributed by atoms with E-state index in [-0.39, 0.29) is 17.6 Å². The maximum Gasteiger partial charge on any atom is 0.205 e. The van der Waals surface area contributed by atoms with E-state index in [2.05, 4.69) is 11.1 Å². The fraction of sp³-hybridized carbons (Fsp3) is 0.0833. The van der Waals surface area contributed by atoms with E-state index in [0.717, 1.165) is 22.4 Å². The van der Waals surface area contributed by atoms with Gasteiger partial charge in [0.05, 0.1) is 11.6 Å². The molecule has 0 amide bonds. The highest BCUT2D eigenvalue weighted by Gasteiger charge is 2.31. The molecule has 5 heteroatoms. The summed E-state index contributed by atoms with van der Waals surface area (Å²) in [6.07, 6.45) is 1.61. The number of rotatable bonds is 3. The number of phenolic OH excluding ortho intramolecular Hbond substituents is 1. The van der Waals surface area contributed by atoms with Gasteiger partial charge in [-0.25, -0.2) is 0 Å². The molecule has 3 aromatic carbocycles. The van der Waals surface area contributed by atoms with Crippen LogP contribution in [-0.4, -0.2) is 11.3 Å². The van der Waals surface area contributed by atoms with Gasteiger partial charge in [-0.1, -0.05) is 48.0 Å². The lowest BCUT2D eigenvalue weighted by molar-refractivity contribution is 0.388. The van der Waals surface area contributed by atoms with Gasteiger partial charge < -0.3 is 15.6 Å². The summed E-state index contributed by atoms with van der Waals surface area (Å²) in [6.45, 7) is 2.01. The van der Waals surface area contributed by atoms with E-state index in [0.29, 0.717) is 16.9 Å². The van der Waals surface area contributed by atoms with Crippen molar-refractivity contribution >= 4 is 11.9 Å². The predicted octanol–water partition coefficient (Wildman–Crippen LogP) is 4.67. The van der Waals surface area contributed by atoms with Gasteiger partial charge in [0, 0.05) is 23.4 Å². The zero-order valence-corrected chi connectivity index (χ0v) is 15.8. The van der Waals surface area contributed by atoms with E-state index in [1.54, 1.807) is 12.3 Å². The molecule has 3 aromatic rings. The van der Waals surface area contributed by atoms with E-state index in [4.69, 9.17) is 10.5 Å². The summed E-state index contributed by atoms with van der Waals surface area (Å²) in [5.74, 6) is 0.131. The molecule has 3 N–H and O–H groups in total. The quantitative estimate of drug-likeness (QED) is 0.645. The number of phenols is 1. The van der Waals surface area contributed by atoms with Gasteiger partial charge in [0.1, 0.15) is 23.1 Å². The maximum absolute atomic E-state index is 10.5. The highest BCUT2D eigenvalue weighted by Crippen LogP contribution is 2.44. The number of benzene rings is 3. The summed E-state index contributed by atoms with van der Waals surface area (Å²) in [7, 11) is 0. The van der Waals surface area contributed by atoms with Crippen LogP contribution < -0.4 is 10.5 Å². The van der Waals surface area contributed by atoms with Crippen molar-refractivity contribution < 1.29 is 9.84 Å². The van der Waals surface area contributed by atoms with Crippen LogP contribution in [0.4, 0.5) is 5.69 Å². The molecule has 0 radical (unpaired) electrons. The van der Waals surface area contributed by atoms with E-state index in [1.807, 2.05) is 61.5 Å². The minimum atomic E-state index is -0.378. The molecule has 1 aliphatic rings. The van der Waals surface area contributed by atoms with Crippen molar-refractivity contribution in [3.63, 3.8) is 0 Å². The maximum atomic E-state index is 10.5. The van der Waals surface area contributed by atoms with E-state index < -0.39 is 0 Å². The summed E-state index contributed by atoms with van der Waals surface area (Å²) in [6, 6.07) is 22.9. The summed E-state index contributed by atoms with van der Waals surface area (Å²) >= 11 is 0. The average Bonchev–Trinajstić information content (AvgIpc) is 2.73. The zero-order chi connectivity index (χ0) is 20.4. The van der Waals surface area contributed by atoms with Gasteiger partial charge in [0.2, 0.25) is 5.88 Å². The van der Waals surface area contributed by atoms with Gasteiger partial charge in [0.15, 0.2) is 0 Å². The number of nitrogens with two attached hydrogens (primary N) is 1. The first-order chi connectivity index (χ1) is 14.1. The predicted molar refractivity (Wildman–Crippen MR) is 112 cm³/mol. The second kappa shape index (κ2) is 7.53. The first kappa shape index (κ1) is 18.3. The number of aromatic hydroxyl groups is 1. The van der Waals surface area contributed by atoms with Gasteiger partial charge in [-0.3, -0.25) is 4.99 Å². The Bertz CT molecular complexity index is 1160. The molecule has 0 saturated carbocycles. The van der Waals surface area contributed by atoms with Crippen molar-refractivity contribution in [2.24, 2.45) is 10.7 Å². The third-order valence-corrected chi connectivity index (χ3v) is 4.88. The first-order valence-corrected chi connectivity index (χ1v) is 9.17. The van der Waals surface area contributed by atoms with Crippen LogP contribution in [0, 0.1) is 18.3 Å². The molecule has 1 atom stereocenters. The number of allylic oxidation sites excluding steroid dienone is 1. The average molecular weight is 381 g/mol. The number of nitriles is 1. The molecule has 4 rings (SSSR count). The monoisotopic (exact) mass is 381 g/mol. The number of hydrogen-bond donors (Lipinski definition) is 2. The molecule has 0 fully saturated rings. The molecule has 5 nitrogen and oxygen atoms in total. The van der Waals surface area contributed by atoms with Crippen molar-refractivity contribution in [2.75, 3.05) is 0 Å². The van der Waals surface area contributed by atoms with Crippen molar-refractivity contribution in [1.29, 1.82) is 5.26 Å². The van der Waals surface area contributed by atoms with E-state index >= 15 is 0 Å². The lowest BCUT2D eigenvalue weighted by atomic mass is 9.83. The van der Waals surface area contributed by atoms with Crippen LogP contribution in [0.15, 0.2) is 83.2 Å². The van der Waals surface area contributed by atoms with Crippen molar-refractivity contribution in [3.8, 4) is 17.6 Å². The van der Waals surface area contributed by atoms with Gasteiger partial charge in [-0.15, -0.1) is 0 Å². The number of hydrogen-bond acceptors (Lipinski definition) is 5. The smallest absolute Gasteiger partial charge is 0.205 e. The van der Waals surface area contributed by atoms with Gasteiger partial charge in [-0.05, 0) is 30.7 Å². The zero-order valence-electron chi connectivity index (χ0n) is 15.8. The number of aliphatic imine (C=N–C) groups is 1. The van der Waals surface area contributed by atoms with Crippen LogP contribution in [-0.2, 0) is 0 Å². The molecule has 0 unspecified atom stereocenters. The highest BCUT2D eigenvalue weighted by atomic mass is 16.5. The molecular formula is C24H19N3O2. The fourth-order valence-electron chi connectivity index (χ4n) is 3.38. The van der Waals surface area contributed by atoms with Crippen molar-refractivity contribution in [1.82, 2.24) is 0 Å². The Morgan fingerprint density at radius 3 is 2.52 bits per heavy atom. The van der Waals surface area contributed by atoms with Crippen molar-refractivity contribution in [3.05, 3.63) is 100 Å². The van der Waals surface area contributed by atoms with Crippen molar-refractivity contribution in [2.45, 2.75) is 12.8 Å². The third kappa shape index (κ3) is 3.56. The van der Waals surface area contributed by atoms with E-state index in [1.165, 1.54) is 6.07 Å². The molecule has 142 valence electrons. The molecule has 0 saturated heterocycles.